The van der Waals surface area contributed by atoms with E-state index in [1.807, 2.05) is 50.2 Å². The van der Waals surface area contributed by atoms with E-state index in [0.29, 0.717) is 23.7 Å². The summed E-state index contributed by atoms with van der Waals surface area (Å²) in [7, 11) is 0. The Kier molecular flexibility index (Phi) is 8.35. The van der Waals surface area contributed by atoms with Crippen LogP contribution in [0.15, 0.2) is 48.5 Å². The van der Waals surface area contributed by atoms with Crippen LogP contribution in [0.25, 0.3) is 0 Å². The van der Waals surface area contributed by atoms with Crippen molar-refractivity contribution in [3.05, 3.63) is 64.7 Å². The lowest BCUT2D eigenvalue weighted by molar-refractivity contribution is -0.143. The molecule has 1 saturated carbocycles. The number of ether oxygens (including phenoxy) is 1. The van der Waals surface area contributed by atoms with Gasteiger partial charge in [0.1, 0.15) is 11.8 Å². The largest absolute Gasteiger partial charge is 0.484 e. The fourth-order valence-corrected chi connectivity index (χ4v) is 4.06. The van der Waals surface area contributed by atoms with E-state index in [4.69, 9.17) is 16.3 Å². The molecule has 2 amide bonds. The molecular formula is C25H31ClN2O3. The Hall–Kier alpha value is -2.53. The normalized spacial score (nSPS) is 14.8. The highest BCUT2D eigenvalue weighted by atomic mass is 35.5. The van der Waals surface area contributed by atoms with Crippen LogP contribution < -0.4 is 10.1 Å². The first kappa shape index (κ1) is 23.1. The topological polar surface area (TPSA) is 58.6 Å². The standard InChI is InChI=1S/C25H31ClN2O3/c1-3-23(25(30)27-21-6-4-5-7-21)28(16-19-10-12-20(26)13-11-19)24(29)17-31-22-14-8-18(2)9-15-22/h8-15,21,23H,3-7,16-17H2,1-2H3,(H,27,30)/t23-/m1/s1. The monoisotopic (exact) mass is 442 g/mol. The van der Waals surface area contributed by atoms with E-state index in [0.717, 1.165) is 36.8 Å². The molecule has 1 aliphatic carbocycles. The highest BCUT2D eigenvalue weighted by Crippen LogP contribution is 2.20. The molecule has 2 aromatic rings. The molecule has 3 rings (SSSR count). The summed E-state index contributed by atoms with van der Waals surface area (Å²) in [5.41, 5.74) is 2.04. The lowest BCUT2D eigenvalue weighted by Crippen LogP contribution is -2.52. The summed E-state index contributed by atoms with van der Waals surface area (Å²) < 4.78 is 5.72. The van der Waals surface area contributed by atoms with E-state index >= 15 is 0 Å². The molecule has 1 aliphatic rings. The third kappa shape index (κ3) is 6.73. The summed E-state index contributed by atoms with van der Waals surface area (Å²) in [6.45, 7) is 4.13. The minimum absolute atomic E-state index is 0.0907. The van der Waals surface area contributed by atoms with Gasteiger partial charge < -0.3 is 15.0 Å². The van der Waals surface area contributed by atoms with Gasteiger partial charge in [-0.2, -0.15) is 0 Å². The van der Waals surface area contributed by atoms with Crippen molar-refractivity contribution in [1.82, 2.24) is 10.2 Å². The first-order valence-corrected chi connectivity index (χ1v) is 11.4. The molecule has 0 bridgehead atoms. The summed E-state index contributed by atoms with van der Waals surface area (Å²) in [6.07, 6.45) is 4.81. The Labute approximate surface area is 189 Å². The number of rotatable bonds is 9. The summed E-state index contributed by atoms with van der Waals surface area (Å²) >= 11 is 6.01. The Morgan fingerprint density at radius 1 is 1.10 bits per heavy atom. The van der Waals surface area contributed by atoms with Crippen LogP contribution in [0.4, 0.5) is 0 Å². The van der Waals surface area contributed by atoms with Gasteiger partial charge in [-0.15, -0.1) is 0 Å². The van der Waals surface area contributed by atoms with Gasteiger partial charge in [-0.25, -0.2) is 0 Å². The van der Waals surface area contributed by atoms with E-state index < -0.39 is 6.04 Å². The average molecular weight is 443 g/mol. The first-order valence-electron chi connectivity index (χ1n) is 11.0. The summed E-state index contributed by atoms with van der Waals surface area (Å²) in [4.78, 5) is 27.9. The van der Waals surface area contributed by atoms with Gasteiger partial charge in [0, 0.05) is 17.6 Å². The van der Waals surface area contributed by atoms with Crippen molar-refractivity contribution < 1.29 is 14.3 Å². The zero-order valence-corrected chi connectivity index (χ0v) is 19.0. The quantitative estimate of drug-likeness (QED) is 0.601. The van der Waals surface area contributed by atoms with Crippen LogP contribution in [0.2, 0.25) is 5.02 Å². The fraction of sp³-hybridized carbons (Fsp3) is 0.440. The molecule has 1 fully saturated rings. The van der Waals surface area contributed by atoms with Gasteiger partial charge in [0.15, 0.2) is 6.61 Å². The molecule has 0 heterocycles. The zero-order valence-electron chi connectivity index (χ0n) is 18.3. The molecule has 31 heavy (non-hydrogen) atoms. The zero-order chi connectivity index (χ0) is 22.2. The predicted molar refractivity (Wildman–Crippen MR) is 123 cm³/mol. The van der Waals surface area contributed by atoms with Gasteiger partial charge in [0.05, 0.1) is 0 Å². The van der Waals surface area contributed by atoms with Gasteiger partial charge >= 0.3 is 0 Å². The minimum atomic E-state index is -0.551. The summed E-state index contributed by atoms with van der Waals surface area (Å²) in [5, 5.41) is 3.78. The molecule has 2 aromatic carbocycles. The maximum absolute atomic E-state index is 13.2. The molecule has 0 unspecified atom stereocenters. The number of carbonyl (C=O) groups excluding carboxylic acids is 2. The van der Waals surface area contributed by atoms with Crippen molar-refractivity contribution in [2.45, 2.75) is 64.6 Å². The number of aryl methyl sites for hydroxylation is 1. The lowest BCUT2D eigenvalue weighted by Gasteiger charge is -2.31. The molecule has 6 heteroatoms. The molecule has 0 spiro atoms. The van der Waals surface area contributed by atoms with Crippen LogP contribution in [0, 0.1) is 6.92 Å². The second-order valence-electron chi connectivity index (χ2n) is 8.16. The van der Waals surface area contributed by atoms with Crippen molar-refractivity contribution in [3.63, 3.8) is 0 Å². The molecule has 5 nitrogen and oxygen atoms in total. The van der Waals surface area contributed by atoms with Gasteiger partial charge in [-0.3, -0.25) is 9.59 Å². The first-order chi connectivity index (χ1) is 15.0. The Morgan fingerprint density at radius 3 is 2.35 bits per heavy atom. The second-order valence-corrected chi connectivity index (χ2v) is 8.60. The van der Waals surface area contributed by atoms with Crippen LogP contribution >= 0.6 is 11.6 Å². The molecule has 166 valence electrons. The van der Waals surface area contributed by atoms with E-state index in [-0.39, 0.29) is 24.5 Å². The number of halogens is 1. The number of nitrogens with zero attached hydrogens (tertiary/aromatic N) is 1. The molecule has 0 aromatic heterocycles. The number of amides is 2. The van der Waals surface area contributed by atoms with E-state index in [2.05, 4.69) is 5.32 Å². The predicted octanol–water partition coefficient (Wildman–Crippen LogP) is 4.89. The number of hydrogen-bond donors (Lipinski definition) is 1. The molecule has 0 saturated heterocycles. The van der Waals surface area contributed by atoms with Crippen molar-refractivity contribution in [3.8, 4) is 5.75 Å². The van der Waals surface area contributed by atoms with E-state index in [1.165, 1.54) is 0 Å². The van der Waals surface area contributed by atoms with Crippen LogP contribution in [0.1, 0.15) is 50.2 Å². The Balaban J connectivity index is 1.74. The van der Waals surface area contributed by atoms with E-state index in [1.54, 1.807) is 17.0 Å². The van der Waals surface area contributed by atoms with Crippen LogP contribution in [-0.2, 0) is 16.1 Å². The Bertz CT molecular complexity index is 861. The highest BCUT2D eigenvalue weighted by Gasteiger charge is 2.30. The van der Waals surface area contributed by atoms with Crippen LogP contribution in [0.3, 0.4) is 0 Å². The molecule has 1 N–H and O–H groups in total. The lowest BCUT2D eigenvalue weighted by atomic mass is 10.1. The third-order valence-corrected chi connectivity index (χ3v) is 5.99. The molecule has 1 atom stereocenters. The summed E-state index contributed by atoms with van der Waals surface area (Å²) in [5.74, 6) is 0.324. The second kappa shape index (κ2) is 11.2. The Morgan fingerprint density at radius 2 is 1.74 bits per heavy atom. The van der Waals surface area contributed by atoms with Crippen molar-refractivity contribution in [2.24, 2.45) is 0 Å². The third-order valence-electron chi connectivity index (χ3n) is 5.74. The number of nitrogens with one attached hydrogen (secondary N) is 1. The molecule has 0 aliphatic heterocycles. The van der Waals surface area contributed by atoms with Crippen molar-refractivity contribution >= 4 is 23.4 Å². The average Bonchev–Trinajstić information content (AvgIpc) is 3.27. The van der Waals surface area contributed by atoms with Gasteiger partial charge in [-0.1, -0.05) is 61.2 Å². The van der Waals surface area contributed by atoms with E-state index in [9.17, 15) is 9.59 Å². The van der Waals surface area contributed by atoms with Crippen molar-refractivity contribution in [2.75, 3.05) is 6.61 Å². The molecule has 0 radical (unpaired) electrons. The fourth-order valence-electron chi connectivity index (χ4n) is 3.94. The SMILES string of the molecule is CC[C@H](C(=O)NC1CCCC1)N(Cc1ccc(Cl)cc1)C(=O)COc1ccc(C)cc1. The van der Waals surface area contributed by atoms with Gasteiger partial charge in [0.25, 0.3) is 5.91 Å². The summed E-state index contributed by atoms with van der Waals surface area (Å²) in [6, 6.07) is 14.6. The van der Waals surface area contributed by atoms with Gasteiger partial charge in [-0.05, 0) is 56.0 Å². The minimum Gasteiger partial charge on any atom is -0.484 e. The maximum Gasteiger partial charge on any atom is 0.261 e. The number of carbonyl (C=O) groups is 2. The highest BCUT2D eigenvalue weighted by molar-refractivity contribution is 6.30. The number of benzene rings is 2. The smallest absolute Gasteiger partial charge is 0.261 e. The van der Waals surface area contributed by atoms with Crippen LogP contribution in [0.5, 0.6) is 5.75 Å². The van der Waals surface area contributed by atoms with Crippen molar-refractivity contribution in [1.29, 1.82) is 0 Å². The van der Waals surface area contributed by atoms with Gasteiger partial charge in [0.2, 0.25) is 5.91 Å². The maximum atomic E-state index is 13.2. The molecular weight excluding hydrogens is 412 g/mol. The number of hydrogen-bond acceptors (Lipinski definition) is 3. The van der Waals surface area contributed by atoms with Crippen LogP contribution in [-0.4, -0.2) is 35.4 Å².